The Morgan fingerprint density at radius 2 is 0.368 bits per heavy atom. The van der Waals surface area contributed by atoms with E-state index in [-0.39, 0.29) is 0 Å². The molecule has 0 radical (unpaired) electrons. The molecule has 0 atom stereocenters. The van der Waals surface area contributed by atoms with Gasteiger partial charge in [-0.1, -0.05) is 327 Å². The SMILES string of the molecule is CCCCCCC/C=C/CCCCCCCCN(CCN(CCCCCCCC/C=C\CCCCCCCC)CCCCCCCC/C=C\CCCCCCCC)CCN1CCN(CCCCCCCCCCCC/C=C\CCCCCCCC)CC1. The summed E-state index contributed by atoms with van der Waals surface area (Å²) in [4.78, 5) is 11.5. The lowest BCUT2D eigenvalue weighted by molar-refractivity contribution is 0.112. The van der Waals surface area contributed by atoms with Crippen molar-refractivity contribution in [2.24, 2.45) is 0 Å². The van der Waals surface area contributed by atoms with Crippen molar-refractivity contribution < 1.29 is 0 Å². The molecule has 0 saturated carbocycles. The molecule has 1 fully saturated rings. The Labute approximate surface area is 550 Å². The lowest BCUT2D eigenvalue weighted by Crippen LogP contribution is -2.49. The van der Waals surface area contributed by atoms with E-state index in [2.05, 4.69) is 95.9 Å². The zero-order valence-corrected chi connectivity index (χ0v) is 60.6. The van der Waals surface area contributed by atoms with Crippen molar-refractivity contribution in [2.75, 3.05) is 78.5 Å². The first kappa shape index (κ1) is 83.8. The molecule has 1 saturated heterocycles. The van der Waals surface area contributed by atoms with Gasteiger partial charge in [-0.05, 0) is 155 Å². The number of nitrogens with zero attached hydrogens (tertiary/aromatic N) is 4. The summed E-state index contributed by atoms with van der Waals surface area (Å²) >= 11 is 0. The Morgan fingerprint density at radius 3 is 0.609 bits per heavy atom. The monoisotopic (exact) mass is 1220 g/mol. The number of rotatable bonds is 73. The molecule has 1 rings (SSSR count). The molecule has 0 spiro atoms. The Kier molecular flexibility index (Phi) is 71.1. The standard InChI is InChI=1S/C83H162N4/c1-5-9-13-17-21-25-29-33-37-40-41-42-43-47-51-55-59-63-67-71-75-86-79-82-87(83-80-86)81-78-85(74-70-66-62-58-54-48-44-36-32-28-24-20-16-12-8-4)77-76-84(72-68-64-60-56-52-49-45-38-34-30-26-22-18-14-10-6-2)73-69-65-61-57-53-50-46-39-35-31-27-23-19-15-11-7-3/h32-39H,5-31,40-83H2,1-4H3/b36-32+,37-33-,38-34-,39-35-. The summed E-state index contributed by atoms with van der Waals surface area (Å²) in [5, 5.41) is 0. The average molecular weight is 1220 g/mol. The molecule has 514 valence electrons. The van der Waals surface area contributed by atoms with Crippen molar-refractivity contribution >= 4 is 0 Å². The van der Waals surface area contributed by atoms with E-state index in [9.17, 15) is 0 Å². The number of unbranched alkanes of at least 4 members (excludes halogenated alkanes) is 51. The van der Waals surface area contributed by atoms with Crippen LogP contribution in [0.5, 0.6) is 0 Å². The van der Waals surface area contributed by atoms with Crippen molar-refractivity contribution in [1.29, 1.82) is 0 Å². The van der Waals surface area contributed by atoms with Gasteiger partial charge in [-0.2, -0.15) is 0 Å². The van der Waals surface area contributed by atoms with Gasteiger partial charge >= 0.3 is 0 Å². The zero-order chi connectivity index (χ0) is 62.2. The predicted octanol–water partition coefficient (Wildman–Crippen LogP) is 26.5. The Morgan fingerprint density at radius 1 is 0.184 bits per heavy atom. The molecule has 0 N–H and O–H groups in total. The van der Waals surface area contributed by atoms with Gasteiger partial charge in [0.2, 0.25) is 0 Å². The average Bonchev–Trinajstić information content (AvgIpc) is 3.54. The zero-order valence-electron chi connectivity index (χ0n) is 60.6. The first-order chi connectivity index (χ1) is 43.2. The summed E-state index contributed by atoms with van der Waals surface area (Å²) in [5.74, 6) is 0. The molecular formula is C83H162N4. The number of hydrogen-bond acceptors (Lipinski definition) is 4. The minimum atomic E-state index is 1.26. The van der Waals surface area contributed by atoms with Crippen LogP contribution in [0.2, 0.25) is 0 Å². The maximum absolute atomic E-state index is 2.93. The fourth-order valence-corrected chi connectivity index (χ4v) is 13.3. The molecule has 0 bridgehead atoms. The molecule has 0 aromatic carbocycles. The molecule has 87 heavy (non-hydrogen) atoms. The molecule has 0 amide bonds. The largest absolute Gasteiger partial charge is 0.302 e. The van der Waals surface area contributed by atoms with E-state index in [0.29, 0.717) is 0 Å². The Hall–Kier alpha value is -1.20. The van der Waals surface area contributed by atoms with Gasteiger partial charge in [0.15, 0.2) is 0 Å². The molecule has 4 nitrogen and oxygen atoms in total. The molecule has 1 heterocycles. The maximum Gasteiger partial charge on any atom is 0.0110 e. The smallest absolute Gasteiger partial charge is 0.0110 e. The molecular weight excluding hydrogens is 1050 g/mol. The van der Waals surface area contributed by atoms with Gasteiger partial charge in [-0.15, -0.1) is 0 Å². The van der Waals surface area contributed by atoms with Crippen LogP contribution in [0.15, 0.2) is 48.6 Å². The summed E-state index contributed by atoms with van der Waals surface area (Å²) in [6.07, 6.45) is 102. The second-order valence-corrected chi connectivity index (χ2v) is 28.2. The lowest BCUT2D eigenvalue weighted by Gasteiger charge is -2.36. The van der Waals surface area contributed by atoms with Gasteiger partial charge in [-0.3, -0.25) is 4.90 Å². The van der Waals surface area contributed by atoms with Crippen LogP contribution < -0.4 is 0 Å². The first-order valence-corrected chi connectivity index (χ1v) is 40.7. The quantitative estimate of drug-likeness (QED) is 0.0444. The minimum Gasteiger partial charge on any atom is -0.302 e. The van der Waals surface area contributed by atoms with Crippen LogP contribution in [0, 0.1) is 0 Å². The second kappa shape index (κ2) is 73.8. The highest BCUT2D eigenvalue weighted by atomic mass is 15.3. The van der Waals surface area contributed by atoms with Crippen molar-refractivity contribution in [3.8, 4) is 0 Å². The first-order valence-electron chi connectivity index (χ1n) is 40.7. The molecule has 1 aliphatic rings. The van der Waals surface area contributed by atoms with Crippen LogP contribution in [-0.4, -0.2) is 98.1 Å². The van der Waals surface area contributed by atoms with Gasteiger partial charge in [0, 0.05) is 52.4 Å². The highest BCUT2D eigenvalue weighted by molar-refractivity contribution is 4.84. The molecule has 0 aliphatic carbocycles. The van der Waals surface area contributed by atoms with E-state index >= 15 is 0 Å². The summed E-state index contributed by atoms with van der Waals surface area (Å²) < 4.78 is 0. The third-order valence-electron chi connectivity index (χ3n) is 19.6. The van der Waals surface area contributed by atoms with E-state index in [0.717, 1.165) is 0 Å². The van der Waals surface area contributed by atoms with E-state index < -0.39 is 0 Å². The summed E-state index contributed by atoms with van der Waals surface area (Å²) in [6.45, 7) is 24.7. The molecule has 0 aromatic heterocycles. The molecule has 0 aromatic rings. The summed E-state index contributed by atoms with van der Waals surface area (Å²) in [5.41, 5.74) is 0. The topological polar surface area (TPSA) is 13.0 Å². The third kappa shape index (κ3) is 66.1. The van der Waals surface area contributed by atoms with Gasteiger partial charge in [-0.25, -0.2) is 0 Å². The fourth-order valence-electron chi connectivity index (χ4n) is 13.3. The number of hydrogen-bond donors (Lipinski definition) is 0. The molecule has 0 unspecified atom stereocenters. The van der Waals surface area contributed by atoms with Crippen LogP contribution in [0.1, 0.15) is 407 Å². The Balaban J connectivity index is 2.58. The normalized spacial score (nSPS) is 13.8. The Bertz CT molecular complexity index is 1330. The van der Waals surface area contributed by atoms with E-state index in [1.54, 1.807) is 0 Å². The van der Waals surface area contributed by atoms with Crippen LogP contribution in [0.3, 0.4) is 0 Å². The van der Waals surface area contributed by atoms with E-state index in [4.69, 9.17) is 0 Å². The van der Waals surface area contributed by atoms with Crippen LogP contribution in [-0.2, 0) is 0 Å². The number of allylic oxidation sites excluding steroid dienone is 8. The van der Waals surface area contributed by atoms with Gasteiger partial charge < -0.3 is 14.7 Å². The highest BCUT2D eigenvalue weighted by Gasteiger charge is 2.18. The van der Waals surface area contributed by atoms with Gasteiger partial charge in [0.05, 0.1) is 0 Å². The third-order valence-corrected chi connectivity index (χ3v) is 19.6. The van der Waals surface area contributed by atoms with Crippen molar-refractivity contribution in [2.45, 2.75) is 407 Å². The van der Waals surface area contributed by atoms with Gasteiger partial charge in [0.25, 0.3) is 0 Å². The minimum absolute atomic E-state index is 1.26. The van der Waals surface area contributed by atoms with Crippen LogP contribution in [0.25, 0.3) is 0 Å². The fraction of sp³-hybridized carbons (Fsp3) is 0.904. The van der Waals surface area contributed by atoms with Crippen molar-refractivity contribution in [3.05, 3.63) is 48.6 Å². The van der Waals surface area contributed by atoms with Crippen molar-refractivity contribution in [3.63, 3.8) is 0 Å². The highest BCUT2D eigenvalue weighted by Crippen LogP contribution is 2.18. The number of piperazine rings is 1. The lowest BCUT2D eigenvalue weighted by atomic mass is 10.1. The van der Waals surface area contributed by atoms with Crippen molar-refractivity contribution in [1.82, 2.24) is 19.6 Å². The van der Waals surface area contributed by atoms with E-state index in [1.807, 2.05) is 0 Å². The summed E-state index contributed by atoms with van der Waals surface area (Å²) in [7, 11) is 0. The molecule has 4 heteroatoms. The second-order valence-electron chi connectivity index (χ2n) is 28.2. The summed E-state index contributed by atoms with van der Waals surface area (Å²) in [6, 6.07) is 0. The van der Waals surface area contributed by atoms with E-state index in [1.165, 1.54) is 457 Å². The predicted molar refractivity (Wildman–Crippen MR) is 397 cm³/mol. The maximum atomic E-state index is 2.93. The van der Waals surface area contributed by atoms with Crippen LogP contribution in [0.4, 0.5) is 0 Å². The van der Waals surface area contributed by atoms with Gasteiger partial charge in [0.1, 0.15) is 0 Å². The molecule has 1 aliphatic heterocycles. The van der Waals surface area contributed by atoms with Crippen LogP contribution >= 0.6 is 0 Å².